The van der Waals surface area contributed by atoms with Crippen LogP contribution >= 0.6 is 0 Å². The molecular formula is C16H18N2O6. The number of nitrogens with zero attached hydrogens (tertiary/aromatic N) is 1. The van der Waals surface area contributed by atoms with Crippen molar-refractivity contribution in [3.8, 4) is 5.75 Å². The molecule has 2 rings (SSSR count). The molecule has 8 heteroatoms. The number of Topliss-reactive ketones (excluding diaryl/α,β-unsaturated/α-hetero) is 1. The Morgan fingerprint density at radius 1 is 1.12 bits per heavy atom. The zero-order valence-corrected chi connectivity index (χ0v) is 13.1. The number of ether oxygens (including phenoxy) is 1. The van der Waals surface area contributed by atoms with E-state index in [0.29, 0.717) is 13.0 Å². The number of aromatic nitrogens is 2. The van der Waals surface area contributed by atoms with Crippen LogP contribution < -0.4 is 4.74 Å². The summed E-state index contributed by atoms with van der Waals surface area (Å²) in [5.74, 6) is -2.72. The molecule has 1 aromatic heterocycles. The highest BCUT2D eigenvalue weighted by molar-refractivity contribution is 6.27. The van der Waals surface area contributed by atoms with Gasteiger partial charge in [0.25, 0.3) is 0 Å². The highest BCUT2D eigenvalue weighted by Crippen LogP contribution is 2.13. The van der Waals surface area contributed by atoms with Crippen LogP contribution in [0.5, 0.6) is 5.75 Å². The number of carbonyl (C=O) groups is 3. The molecule has 2 aromatic rings. The predicted molar refractivity (Wildman–Crippen MR) is 84.1 cm³/mol. The number of carbonyl (C=O) groups excluding carboxylic acids is 1. The maximum absolute atomic E-state index is 11.4. The van der Waals surface area contributed by atoms with Crippen molar-refractivity contribution in [1.82, 2.24) is 9.97 Å². The number of nitrogens with one attached hydrogen (secondary N) is 1. The van der Waals surface area contributed by atoms with E-state index in [4.69, 9.17) is 24.5 Å². The highest BCUT2D eigenvalue weighted by Gasteiger charge is 2.04. The summed E-state index contributed by atoms with van der Waals surface area (Å²) < 4.78 is 5.58. The molecule has 0 saturated heterocycles. The third kappa shape index (κ3) is 6.73. The number of benzene rings is 1. The molecule has 0 aliphatic heterocycles. The molecule has 3 N–H and O–H groups in total. The van der Waals surface area contributed by atoms with Crippen molar-refractivity contribution in [3.63, 3.8) is 0 Å². The molecule has 0 atom stereocenters. The predicted octanol–water partition coefficient (Wildman–Crippen LogP) is 1.78. The molecule has 0 spiro atoms. The second kappa shape index (κ2) is 9.78. The summed E-state index contributed by atoms with van der Waals surface area (Å²) >= 11 is 0. The number of aromatic amines is 1. The Balaban J connectivity index is 0.000000413. The monoisotopic (exact) mass is 334 g/mol. The number of ketones is 1. The second-order valence-electron chi connectivity index (χ2n) is 4.57. The Labute approximate surface area is 138 Å². The summed E-state index contributed by atoms with van der Waals surface area (Å²) in [5.41, 5.74) is 1.71. The molecule has 1 aromatic carbocycles. The van der Waals surface area contributed by atoms with Crippen molar-refractivity contribution in [3.05, 3.63) is 48.0 Å². The number of rotatable bonds is 6. The van der Waals surface area contributed by atoms with Crippen LogP contribution in [-0.4, -0.2) is 44.5 Å². The minimum Gasteiger partial charge on any atom is -0.493 e. The number of carboxylic acids is 2. The van der Waals surface area contributed by atoms with Gasteiger partial charge in [-0.05, 0) is 24.3 Å². The van der Waals surface area contributed by atoms with E-state index in [1.807, 2.05) is 25.3 Å². The second-order valence-corrected chi connectivity index (χ2v) is 4.57. The molecule has 0 aliphatic rings. The van der Waals surface area contributed by atoms with Crippen LogP contribution in [0.2, 0.25) is 0 Å². The standard InChI is InChI=1S/C14H16N2O2.C2H2O4/c1-2-14(17)11-3-5-13(6-4-11)18-8-7-12-9-15-10-16-12;3-1(4)2(5)6/h3-6,9-10H,2,7-8H2,1H3,(H,15,16);(H,3,4)(H,5,6). The Hall–Kier alpha value is -3.16. The molecule has 24 heavy (non-hydrogen) atoms. The fraction of sp³-hybridized carbons (Fsp3) is 0.250. The van der Waals surface area contributed by atoms with Crippen molar-refractivity contribution in [1.29, 1.82) is 0 Å². The molecule has 0 bridgehead atoms. The maximum atomic E-state index is 11.4. The van der Waals surface area contributed by atoms with Gasteiger partial charge in [0.2, 0.25) is 0 Å². The van der Waals surface area contributed by atoms with E-state index in [1.54, 1.807) is 18.5 Å². The minimum atomic E-state index is -1.82. The number of hydrogen-bond acceptors (Lipinski definition) is 5. The van der Waals surface area contributed by atoms with E-state index in [9.17, 15) is 4.79 Å². The molecule has 128 valence electrons. The van der Waals surface area contributed by atoms with Gasteiger partial charge < -0.3 is 19.9 Å². The summed E-state index contributed by atoms with van der Waals surface area (Å²) in [5, 5.41) is 14.8. The zero-order valence-electron chi connectivity index (χ0n) is 13.1. The molecule has 0 saturated carbocycles. The Morgan fingerprint density at radius 2 is 1.75 bits per heavy atom. The highest BCUT2D eigenvalue weighted by atomic mass is 16.5. The van der Waals surface area contributed by atoms with Crippen LogP contribution in [0, 0.1) is 0 Å². The normalized spacial score (nSPS) is 9.54. The smallest absolute Gasteiger partial charge is 0.414 e. The van der Waals surface area contributed by atoms with E-state index in [-0.39, 0.29) is 5.78 Å². The lowest BCUT2D eigenvalue weighted by atomic mass is 10.1. The average Bonchev–Trinajstić information content (AvgIpc) is 3.08. The van der Waals surface area contributed by atoms with Crippen molar-refractivity contribution in [2.75, 3.05) is 6.61 Å². The summed E-state index contributed by atoms with van der Waals surface area (Å²) in [7, 11) is 0. The topological polar surface area (TPSA) is 130 Å². The Bertz CT molecular complexity index is 652. The van der Waals surface area contributed by atoms with Crippen LogP contribution in [-0.2, 0) is 16.0 Å². The van der Waals surface area contributed by atoms with E-state index in [1.165, 1.54) is 0 Å². The van der Waals surface area contributed by atoms with E-state index < -0.39 is 11.9 Å². The number of imidazole rings is 1. The van der Waals surface area contributed by atoms with Crippen molar-refractivity contribution >= 4 is 17.7 Å². The molecule has 0 radical (unpaired) electrons. The van der Waals surface area contributed by atoms with E-state index in [0.717, 1.165) is 23.4 Å². The van der Waals surface area contributed by atoms with Crippen LogP contribution in [0.4, 0.5) is 0 Å². The lowest BCUT2D eigenvalue weighted by molar-refractivity contribution is -0.159. The maximum Gasteiger partial charge on any atom is 0.414 e. The van der Waals surface area contributed by atoms with E-state index in [2.05, 4.69) is 9.97 Å². The quantitative estimate of drug-likeness (QED) is 0.542. The van der Waals surface area contributed by atoms with Crippen molar-refractivity contribution in [2.45, 2.75) is 19.8 Å². The Kier molecular flexibility index (Phi) is 7.69. The summed E-state index contributed by atoms with van der Waals surface area (Å²) in [6, 6.07) is 7.26. The fourth-order valence-electron chi connectivity index (χ4n) is 1.64. The number of hydrogen-bond donors (Lipinski definition) is 3. The summed E-state index contributed by atoms with van der Waals surface area (Å²) in [6.07, 6.45) is 4.80. The van der Waals surface area contributed by atoms with Gasteiger partial charge in [-0.2, -0.15) is 0 Å². The van der Waals surface area contributed by atoms with Gasteiger partial charge in [0, 0.05) is 24.6 Å². The summed E-state index contributed by atoms with van der Waals surface area (Å²) in [6.45, 7) is 2.43. The lowest BCUT2D eigenvalue weighted by Gasteiger charge is -2.05. The first-order chi connectivity index (χ1) is 11.4. The number of aliphatic carboxylic acids is 2. The third-order valence-corrected chi connectivity index (χ3v) is 2.86. The van der Waals surface area contributed by atoms with Gasteiger partial charge in [-0.1, -0.05) is 6.92 Å². The zero-order chi connectivity index (χ0) is 17.9. The first-order valence-electron chi connectivity index (χ1n) is 7.14. The van der Waals surface area contributed by atoms with Gasteiger partial charge in [0.1, 0.15) is 5.75 Å². The van der Waals surface area contributed by atoms with Crippen LogP contribution in [0.15, 0.2) is 36.8 Å². The van der Waals surface area contributed by atoms with Crippen molar-refractivity contribution in [2.24, 2.45) is 0 Å². The Morgan fingerprint density at radius 3 is 2.21 bits per heavy atom. The molecule has 1 heterocycles. The van der Waals surface area contributed by atoms with Crippen molar-refractivity contribution < 1.29 is 29.3 Å². The van der Waals surface area contributed by atoms with Gasteiger partial charge in [-0.25, -0.2) is 14.6 Å². The SMILES string of the molecule is CCC(=O)c1ccc(OCCc2c[nH]cn2)cc1.O=C(O)C(=O)O. The number of H-pyrrole nitrogens is 1. The van der Waals surface area contributed by atoms with Gasteiger partial charge in [-0.15, -0.1) is 0 Å². The van der Waals surface area contributed by atoms with Gasteiger partial charge in [0.05, 0.1) is 18.6 Å². The lowest BCUT2D eigenvalue weighted by Crippen LogP contribution is -2.09. The van der Waals surface area contributed by atoms with Crippen LogP contribution in [0.25, 0.3) is 0 Å². The molecular weight excluding hydrogens is 316 g/mol. The summed E-state index contributed by atoms with van der Waals surface area (Å²) in [4.78, 5) is 36.7. The van der Waals surface area contributed by atoms with Gasteiger partial charge in [-0.3, -0.25) is 4.79 Å². The first-order valence-corrected chi connectivity index (χ1v) is 7.14. The van der Waals surface area contributed by atoms with Gasteiger partial charge in [0.15, 0.2) is 5.78 Å². The molecule has 0 aliphatic carbocycles. The molecule has 0 fully saturated rings. The minimum absolute atomic E-state index is 0.151. The van der Waals surface area contributed by atoms with E-state index >= 15 is 0 Å². The largest absolute Gasteiger partial charge is 0.493 e. The third-order valence-electron chi connectivity index (χ3n) is 2.86. The molecule has 0 amide bonds. The molecule has 8 nitrogen and oxygen atoms in total. The van der Waals surface area contributed by atoms with Crippen LogP contribution in [0.1, 0.15) is 29.4 Å². The van der Waals surface area contributed by atoms with Crippen LogP contribution in [0.3, 0.4) is 0 Å². The average molecular weight is 334 g/mol. The van der Waals surface area contributed by atoms with Gasteiger partial charge >= 0.3 is 11.9 Å². The number of carboxylic acid groups (broad SMARTS) is 2. The first kappa shape index (κ1) is 18.9. The molecule has 0 unspecified atom stereocenters. The fourth-order valence-corrected chi connectivity index (χ4v) is 1.64.